The summed E-state index contributed by atoms with van der Waals surface area (Å²) in [4.78, 5) is 0. The Kier molecular flexibility index (Phi) is 8.95. The Morgan fingerprint density at radius 3 is 2.65 bits per heavy atom. The van der Waals surface area contributed by atoms with Gasteiger partial charge in [0, 0.05) is 11.0 Å². The minimum absolute atomic E-state index is 0.476. The quantitative estimate of drug-likeness (QED) is 0.596. The summed E-state index contributed by atoms with van der Waals surface area (Å²) in [6.45, 7) is 9.38. The molecule has 0 heterocycles. The van der Waals surface area contributed by atoms with Crippen LogP contribution in [0.4, 0.5) is 0 Å². The Labute approximate surface area is 132 Å². The van der Waals surface area contributed by atoms with Crippen LogP contribution in [0.2, 0.25) is 0 Å². The van der Waals surface area contributed by atoms with Gasteiger partial charge in [0.25, 0.3) is 0 Å². The molecular formula is C17H28BrNO. The van der Waals surface area contributed by atoms with E-state index in [0.29, 0.717) is 5.92 Å². The molecule has 0 saturated carbocycles. The molecule has 0 amide bonds. The lowest BCUT2D eigenvalue weighted by Gasteiger charge is -2.14. The zero-order valence-electron chi connectivity index (χ0n) is 13.0. The van der Waals surface area contributed by atoms with E-state index >= 15 is 0 Å². The van der Waals surface area contributed by atoms with Crippen molar-refractivity contribution in [2.24, 2.45) is 0 Å². The first-order chi connectivity index (χ1) is 9.65. The molecule has 0 bridgehead atoms. The number of unbranched alkanes of at least 4 members (excludes halogenated alkanes) is 3. The molecule has 0 aliphatic carbocycles. The number of halogens is 1. The third-order valence-corrected chi connectivity index (χ3v) is 3.83. The van der Waals surface area contributed by atoms with Crippen molar-refractivity contribution in [1.82, 2.24) is 5.32 Å². The lowest BCUT2D eigenvalue weighted by Crippen LogP contribution is -2.22. The molecule has 0 fully saturated rings. The largest absolute Gasteiger partial charge is 0.492 e. The fourth-order valence-electron chi connectivity index (χ4n) is 2.14. The molecule has 1 aromatic rings. The molecule has 1 aromatic carbocycles. The van der Waals surface area contributed by atoms with Crippen molar-refractivity contribution in [3.05, 3.63) is 28.2 Å². The van der Waals surface area contributed by atoms with Gasteiger partial charge >= 0.3 is 0 Å². The molecule has 0 unspecified atom stereocenters. The Hall–Kier alpha value is -0.540. The summed E-state index contributed by atoms with van der Waals surface area (Å²) >= 11 is 3.52. The normalized spacial score (nSPS) is 11.1. The lowest BCUT2D eigenvalue weighted by molar-refractivity contribution is 0.309. The fraction of sp³-hybridized carbons (Fsp3) is 0.647. The Morgan fingerprint density at radius 1 is 1.15 bits per heavy atom. The summed E-state index contributed by atoms with van der Waals surface area (Å²) in [5, 5.41) is 3.44. The molecule has 0 aromatic heterocycles. The maximum Gasteiger partial charge on any atom is 0.122 e. The van der Waals surface area contributed by atoms with Crippen molar-refractivity contribution in [3.8, 4) is 5.75 Å². The number of nitrogens with one attached hydrogen (secondary N) is 1. The first-order valence-electron chi connectivity index (χ1n) is 7.78. The highest BCUT2D eigenvalue weighted by Crippen LogP contribution is 2.29. The molecule has 1 N–H and O–H groups in total. The van der Waals surface area contributed by atoms with Crippen LogP contribution in [0, 0.1) is 0 Å². The Bertz CT molecular complexity index is 379. The van der Waals surface area contributed by atoms with Gasteiger partial charge in [-0.2, -0.15) is 0 Å². The fourth-order valence-corrected chi connectivity index (χ4v) is 2.52. The zero-order chi connectivity index (χ0) is 14.8. The van der Waals surface area contributed by atoms with Gasteiger partial charge in [0.1, 0.15) is 12.4 Å². The van der Waals surface area contributed by atoms with E-state index in [-0.39, 0.29) is 0 Å². The average Bonchev–Trinajstić information content (AvgIpc) is 2.43. The Morgan fingerprint density at radius 2 is 1.95 bits per heavy atom. The minimum Gasteiger partial charge on any atom is -0.492 e. The van der Waals surface area contributed by atoms with E-state index < -0.39 is 0 Å². The van der Waals surface area contributed by atoms with Crippen LogP contribution >= 0.6 is 15.9 Å². The molecule has 1 rings (SSSR count). The van der Waals surface area contributed by atoms with Gasteiger partial charge in [0.15, 0.2) is 0 Å². The molecule has 3 heteroatoms. The molecule has 0 aliphatic rings. The molecule has 20 heavy (non-hydrogen) atoms. The topological polar surface area (TPSA) is 21.3 Å². The third kappa shape index (κ3) is 6.76. The van der Waals surface area contributed by atoms with Crippen molar-refractivity contribution >= 4 is 15.9 Å². The summed E-state index contributed by atoms with van der Waals surface area (Å²) in [5.74, 6) is 1.49. The first kappa shape index (κ1) is 17.5. The standard InChI is InChI=1S/C17H28BrNO/c1-4-5-6-7-10-19-11-12-20-17-9-8-15(18)13-16(17)14(2)3/h8-9,13-14,19H,4-7,10-12H2,1-3H3. The van der Waals surface area contributed by atoms with Crippen molar-refractivity contribution in [1.29, 1.82) is 0 Å². The van der Waals surface area contributed by atoms with Crippen LogP contribution in [-0.2, 0) is 0 Å². The van der Waals surface area contributed by atoms with E-state index in [2.05, 4.69) is 54.2 Å². The summed E-state index contributed by atoms with van der Waals surface area (Å²) in [6.07, 6.45) is 5.23. The molecule has 2 nitrogen and oxygen atoms in total. The summed E-state index contributed by atoms with van der Waals surface area (Å²) < 4.78 is 7.01. The highest BCUT2D eigenvalue weighted by atomic mass is 79.9. The predicted molar refractivity (Wildman–Crippen MR) is 90.7 cm³/mol. The van der Waals surface area contributed by atoms with Gasteiger partial charge in [0.2, 0.25) is 0 Å². The van der Waals surface area contributed by atoms with Crippen molar-refractivity contribution in [2.75, 3.05) is 19.7 Å². The Balaban J connectivity index is 2.25. The molecule has 114 valence electrons. The highest BCUT2D eigenvalue weighted by Gasteiger charge is 2.08. The molecule has 0 aliphatic heterocycles. The number of ether oxygens (including phenoxy) is 1. The highest BCUT2D eigenvalue weighted by molar-refractivity contribution is 9.10. The maximum atomic E-state index is 5.90. The summed E-state index contributed by atoms with van der Waals surface area (Å²) in [7, 11) is 0. The van der Waals surface area contributed by atoms with Gasteiger partial charge in [-0.1, -0.05) is 56.0 Å². The van der Waals surface area contributed by atoms with E-state index in [1.807, 2.05) is 6.07 Å². The zero-order valence-corrected chi connectivity index (χ0v) is 14.6. The van der Waals surface area contributed by atoms with E-state index in [0.717, 1.165) is 29.9 Å². The lowest BCUT2D eigenvalue weighted by atomic mass is 10.0. The molecule has 0 atom stereocenters. The molecule has 0 spiro atoms. The number of benzene rings is 1. The summed E-state index contributed by atoms with van der Waals surface area (Å²) in [6, 6.07) is 6.25. The predicted octanol–water partition coefficient (Wildman–Crippen LogP) is 5.12. The monoisotopic (exact) mass is 341 g/mol. The second-order valence-corrected chi connectivity index (χ2v) is 6.41. The summed E-state index contributed by atoms with van der Waals surface area (Å²) in [5.41, 5.74) is 1.27. The van der Waals surface area contributed by atoms with Gasteiger partial charge in [-0.25, -0.2) is 0 Å². The van der Waals surface area contributed by atoms with Crippen molar-refractivity contribution < 1.29 is 4.74 Å². The van der Waals surface area contributed by atoms with Gasteiger partial charge in [-0.05, 0) is 42.6 Å². The molecular weight excluding hydrogens is 314 g/mol. The van der Waals surface area contributed by atoms with Crippen LogP contribution in [0.25, 0.3) is 0 Å². The molecule has 0 radical (unpaired) electrons. The van der Waals surface area contributed by atoms with Gasteiger partial charge < -0.3 is 10.1 Å². The van der Waals surface area contributed by atoms with Gasteiger partial charge in [-0.15, -0.1) is 0 Å². The SMILES string of the molecule is CCCCCCNCCOc1ccc(Br)cc1C(C)C. The average molecular weight is 342 g/mol. The second-order valence-electron chi connectivity index (χ2n) is 5.50. The second kappa shape index (κ2) is 10.2. The van der Waals surface area contributed by atoms with Crippen LogP contribution in [0.1, 0.15) is 57.9 Å². The number of rotatable bonds is 10. The minimum atomic E-state index is 0.476. The van der Waals surface area contributed by atoms with Crippen LogP contribution < -0.4 is 10.1 Å². The maximum absolute atomic E-state index is 5.90. The van der Waals surface area contributed by atoms with Crippen LogP contribution in [0.5, 0.6) is 5.75 Å². The van der Waals surface area contributed by atoms with Crippen LogP contribution in [-0.4, -0.2) is 19.7 Å². The molecule has 0 saturated heterocycles. The number of hydrogen-bond donors (Lipinski definition) is 1. The van der Waals surface area contributed by atoms with Crippen molar-refractivity contribution in [3.63, 3.8) is 0 Å². The van der Waals surface area contributed by atoms with Gasteiger partial charge in [-0.3, -0.25) is 0 Å². The van der Waals surface area contributed by atoms with Crippen molar-refractivity contribution in [2.45, 2.75) is 52.4 Å². The van der Waals surface area contributed by atoms with Crippen LogP contribution in [0.15, 0.2) is 22.7 Å². The number of hydrogen-bond acceptors (Lipinski definition) is 2. The van der Waals surface area contributed by atoms with E-state index in [1.165, 1.54) is 31.2 Å². The smallest absolute Gasteiger partial charge is 0.122 e. The van der Waals surface area contributed by atoms with E-state index in [9.17, 15) is 0 Å². The van der Waals surface area contributed by atoms with E-state index in [1.54, 1.807) is 0 Å². The van der Waals surface area contributed by atoms with E-state index in [4.69, 9.17) is 4.74 Å². The first-order valence-corrected chi connectivity index (χ1v) is 8.57. The van der Waals surface area contributed by atoms with Gasteiger partial charge in [0.05, 0.1) is 0 Å². The van der Waals surface area contributed by atoms with Crippen LogP contribution in [0.3, 0.4) is 0 Å². The third-order valence-electron chi connectivity index (χ3n) is 3.34.